The molecule has 0 spiro atoms. The molecule has 2 rings (SSSR count). The van der Waals surface area contributed by atoms with Gasteiger partial charge in [-0.2, -0.15) is 0 Å². The zero-order chi connectivity index (χ0) is 15.4. The summed E-state index contributed by atoms with van der Waals surface area (Å²) in [4.78, 5) is 22.4. The van der Waals surface area contributed by atoms with Crippen molar-refractivity contribution in [1.82, 2.24) is 5.32 Å². The number of anilines is 1. The highest BCUT2D eigenvalue weighted by molar-refractivity contribution is 5.95. The first-order valence-corrected chi connectivity index (χ1v) is 7.32. The fourth-order valence-electron chi connectivity index (χ4n) is 2.76. The van der Waals surface area contributed by atoms with Crippen molar-refractivity contribution >= 4 is 17.3 Å². The first-order chi connectivity index (χ1) is 9.97. The van der Waals surface area contributed by atoms with Crippen LogP contribution >= 0.6 is 0 Å². The molecule has 1 aromatic carbocycles. The number of nitrogens with one attached hydrogen (secondary N) is 1. The molecule has 21 heavy (non-hydrogen) atoms. The van der Waals surface area contributed by atoms with E-state index >= 15 is 0 Å². The highest BCUT2D eigenvalue weighted by Crippen LogP contribution is 2.24. The average molecular weight is 291 g/mol. The normalized spacial score (nSPS) is 22.3. The van der Waals surface area contributed by atoms with Crippen molar-refractivity contribution in [3.05, 3.63) is 33.9 Å². The number of amides is 1. The summed E-state index contributed by atoms with van der Waals surface area (Å²) >= 11 is 0. The van der Waals surface area contributed by atoms with Gasteiger partial charge in [0.1, 0.15) is 5.69 Å². The minimum absolute atomic E-state index is 0.0159. The Hall–Kier alpha value is -2.11. The number of nitrogens with zero attached hydrogens (tertiary/aromatic N) is 1. The van der Waals surface area contributed by atoms with Crippen LogP contribution in [0.3, 0.4) is 0 Å². The van der Waals surface area contributed by atoms with Gasteiger partial charge in [0.2, 0.25) is 0 Å². The van der Waals surface area contributed by atoms with Crippen molar-refractivity contribution in [2.45, 2.75) is 45.1 Å². The first-order valence-electron chi connectivity index (χ1n) is 7.32. The third kappa shape index (κ3) is 3.93. The molecule has 0 aliphatic heterocycles. The SMILES string of the molecule is CC1CCCC(NC(=O)c2ccc([N+](=O)[O-])c(N)c2)CC1. The van der Waals surface area contributed by atoms with E-state index in [0.717, 1.165) is 25.7 Å². The molecule has 1 aromatic rings. The molecule has 6 heteroatoms. The number of nitro groups is 1. The lowest BCUT2D eigenvalue weighted by atomic mass is 10.0. The second-order valence-electron chi connectivity index (χ2n) is 5.81. The lowest BCUT2D eigenvalue weighted by Gasteiger charge is -2.16. The Balaban J connectivity index is 2.03. The molecule has 0 radical (unpaired) electrons. The Labute approximate surface area is 123 Å². The van der Waals surface area contributed by atoms with Crippen LogP contribution in [0.5, 0.6) is 0 Å². The van der Waals surface area contributed by atoms with Gasteiger partial charge in [0.25, 0.3) is 11.6 Å². The second-order valence-corrected chi connectivity index (χ2v) is 5.81. The zero-order valence-corrected chi connectivity index (χ0v) is 12.2. The van der Waals surface area contributed by atoms with Gasteiger partial charge < -0.3 is 11.1 Å². The van der Waals surface area contributed by atoms with Crippen LogP contribution < -0.4 is 11.1 Å². The van der Waals surface area contributed by atoms with Crippen LogP contribution in [-0.2, 0) is 0 Å². The molecular formula is C15H21N3O3. The molecule has 1 aliphatic carbocycles. The van der Waals surface area contributed by atoms with E-state index in [2.05, 4.69) is 12.2 Å². The van der Waals surface area contributed by atoms with Crippen LogP contribution in [0.1, 0.15) is 49.4 Å². The van der Waals surface area contributed by atoms with Crippen LogP contribution in [0.15, 0.2) is 18.2 Å². The van der Waals surface area contributed by atoms with E-state index in [-0.39, 0.29) is 23.3 Å². The maximum Gasteiger partial charge on any atom is 0.292 e. The van der Waals surface area contributed by atoms with E-state index in [1.165, 1.54) is 24.6 Å². The van der Waals surface area contributed by atoms with Crippen molar-refractivity contribution in [3.63, 3.8) is 0 Å². The molecule has 2 atom stereocenters. The van der Waals surface area contributed by atoms with Crippen LogP contribution in [0.25, 0.3) is 0 Å². The Bertz CT molecular complexity index is 545. The monoisotopic (exact) mass is 291 g/mol. The highest BCUT2D eigenvalue weighted by Gasteiger charge is 2.20. The highest BCUT2D eigenvalue weighted by atomic mass is 16.6. The molecule has 2 unspecified atom stereocenters. The lowest BCUT2D eigenvalue weighted by molar-refractivity contribution is -0.383. The van der Waals surface area contributed by atoms with Crippen LogP contribution in [-0.4, -0.2) is 16.9 Å². The number of hydrogen-bond donors (Lipinski definition) is 2. The van der Waals surface area contributed by atoms with E-state index in [9.17, 15) is 14.9 Å². The smallest absolute Gasteiger partial charge is 0.292 e. The standard InChI is InChI=1S/C15H21N3O3/c1-10-3-2-4-12(7-5-10)17-15(19)11-6-8-14(18(20)21)13(16)9-11/h6,8-10,12H,2-5,7,16H2,1H3,(H,17,19). The van der Waals surface area contributed by atoms with Crippen molar-refractivity contribution in [2.75, 3.05) is 5.73 Å². The third-order valence-corrected chi connectivity index (χ3v) is 4.08. The molecular weight excluding hydrogens is 270 g/mol. The summed E-state index contributed by atoms with van der Waals surface area (Å²) in [5.74, 6) is 0.498. The van der Waals surface area contributed by atoms with Crippen LogP contribution in [0.4, 0.5) is 11.4 Å². The Kier molecular flexibility index (Phi) is 4.77. The molecule has 1 fully saturated rings. The summed E-state index contributed by atoms with van der Waals surface area (Å²) in [6.45, 7) is 2.24. The van der Waals surface area contributed by atoms with Gasteiger partial charge in [-0.1, -0.05) is 19.8 Å². The third-order valence-electron chi connectivity index (χ3n) is 4.08. The summed E-state index contributed by atoms with van der Waals surface area (Å²) in [6, 6.07) is 4.27. The maximum absolute atomic E-state index is 12.2. The molecule has 1 saturated carbocycles. The number of nitro benzene ring substituents is 1. The lowest BCUT2D eigenvalue weighted by Crippen LogP contribution is -2.34. The number of nitrogen functional groups attached to an aromatic ring is 1. The van der Waals surface area contributed by atoms with Gasteiger partial charge in [-0.05, 0) is 37.3 Å². The number of carbonyl (C=O) groups excluding carboxylic acids is 1. The molecule has 1 aliphatic rings. The minimum atomic E-state index is -0.552. The quantitative estimate of drug-likeness (QED) is 0.387. The number of benzene rings is 1. The molecule has 1 amide bonds. The van der Waals surface area contributed by atoms with Gasteiger partial charge in [0.05, 0.1) is 4.92 Å². The predicted molar refractivity (Wildman–Crippen MR) is 81.0 cm³/mol. The van der Waals surface area contributed by atoms with Gasteiger partial charge in [0, 0.05) is 17.7 Å². The largest absolute Gasteiger partial charge is 0.393 e. The van der Waals surface area contributed by atoms with Crippen molar-refractivity contribution in [1.29, 1.82) is 0 Å². The predicted octanol–water partition coefficient (Wildman–Crippen LogP) is 2.88. The molecule has 0 heterocycles. The topological polar surface area (TPSA) is 98.3 Å². The zero-order valence-electron chi connectivity index (χ0n) is 12.2. The maximum atomic E-state index is 12.2. The van der Waals surface area contributed by atoms with Crippen LogP contribution in [0.2, 0.25) is 0 Å². The first kappa shape index (κ1) is 15.3. The fourth-order valence-corrected chi connectivity index (χ4v) is 2.76. The Morgan fingerprint density at radius 2 is 2.10 bits per heavy atom. The molecule has 6 nitrogen and oxygen atoms in total. The molecule has 0 saturated heterocycles. The summed E-state index contributed by atoms with van der Waals surface area (Å²) in [6.07, 6.45) is 5.41. The van der Waals surface area contributed by atoms with Gasteiger partial charge in [-0.15, -0.1) is 0 Å². The van der Waals surface area contributed by atoms with Crippen molar-refractivity contribution in [2.24, 2.45) is 5.92 Å². The number of rotatable bonds is 3. The van der Waals surface area contributed by atoms with Crippen LogP contribution in [0, 0.1) is 16.0 Å². The molecule has 114 valence electrons. The van der Waals surface area contributed by atoms with E-state index in [1.807, 2.05) is 0 Å². The van der Waals surface area contributed by atoms with Gasteiger partial charge >= 0.3 is 0 Å². The summed E-state index contributed by atoms with van der Waals surface area (Å²) in [5.41, 5.74) is 5.83. The molecule has 0 aromatic heterocycles. The number of nitrogens with two attached hydrogens (primary N) is 1. The van der Waals surface area contributed by atoms with E-state index < -0.39 is 4.92 Å². The Morgan fingerprint density at radius 3 is 2.76 bits per heavy atom. The molecule has 0 bridgehead atoms. The Morgan fingerprint density at radius 1 is 1.33 bits per heavy atom. The second kappa shape index (κ2) is 6.56. The summed E-state index contributed by atoms with van der Waals surface area (Å²) in [7, 11) is 0. The van der Waals surface area contributed by atoms with Gasteiger partial charge in [-0.3, -0.25) is 14.9 Å². The van der Waals surface area contributed by atoms with E-state index in [4.69, 9.17) is 5.73 Å². The van der Waals surface area contributed by atoms with Gasteiger partial charge in [-0.25, -0.2) is 0 Å². The van der Waals surface area contributed by atoms with E-state index in [0.29, 0.717) is 11.5 Å². The number of hydrogen-bond acceptors (Lipinski definition) is 4. The average Bonchev–Trinajstić information content (AvgIpc) is 2.63. The minimum Gasteiger partial charge on any atom is -0.393 e. The van der Waals surface area contributed by atoms with Crippen molar-refractivity contribution < 1.29 is 9.72 Å². The van der Waals surface area contributed by atoms with E-state index in [1.54, 1.807) is 0 Å². The fraction of sp³-hybridized carbons (Fsp3) is 0.533. The molecule has 3 N–H and O–H groups in total. The summed E-state index contributed by atoms with van der Waals surface area (Å²) in [5, 5.41) is 13.7. The van der Waals surface area contributed by atoms with Gasteiger partial charge in [0.15, 0.2) is 0 Å². The summed E-state index contributed by atoms with van der Waals surface area (Å²) < 4.78 is 0. The van der Waals surface area contributed by atoms with Crippen molar-refractivity contribution in [3.8, 4) is 0 Å². The number of carbonyl (C=O) groups is 1.